The maximum absolute atomic E-state index is 12.3. The van der Waals surface area contributed by atoms with Crippen LogP contribution in [0.2, 0.25) is 0 Å². The third-order valence-corrected chi connectivity index (χ3v) is 3.20. The number of aromatic nitrogens is 1. The molecule has 0 radical (unpaired) electrons. The van der Waals surface area contributed by atoms with Crippen molar-refractivity contribution in [3.63, 3.8) is 0 Å². The first-order valence-corrected chi connectivity index (χ1v) is 6.26. The molecule has 2 aromatic rings. The fourth-order valence-corrected chi connectivity index (χ4v) is 2.25. The van der Waals surface area contributed by atoms with Gasteiger partial charge in [0.05, 0.1) is 6.67 Å². The molecule has 0 saturated heterocycles. The topological polar surface area (TPSA) is 79.1 Å². The summed E-state index contributed by atoms with van der Waals surface area (Å²) in [6, 6.07) is 6.70. The van der Waals surface area contributed by atoms with E-state index in [0.29, 0.717) is 12.8 Å². The first-order chi connectivity index (χ1) is 9.13. The standard InChI is InChI=1S/C14H17FN2O2/c15-7-3-6-13-10(8-11(16)14(18)19)9-4-1-2-5-12(9)17-13/h1-2,4-5,11,17H,3,6-8,16H2,(H,18,19)/i15-1. The molecule has 0 fully saturated rings. The lowest BCUT2D eigenvalue weighted by molar-refractivity contribution is -0.138. The highest BCUT2D eigenvalue weighted by molar-refractivity contribution is 5.85. The molecule has 0 aliphatic heterocycles. The number of aryl methyl sites for hydroxylation is 1. The number of nitrogens with one attached hydrogen (secondary N) is 1. The van der Waals surface area contributed by atoms with Gasteiger partial charge >= 0.3 is 5.97 Å². The summed E-state index contributed by atoms with van der Waals surface area (Å²) in [5, 5.41) is 9.89. The van der Waals surface area contributed by atoms with Crippen molar-refractivity contribution in [3.8, 4) is 0 Å². The SMILES string of the molecule is NC(Cc1c(CCC[18F])[nH]c2ccccc12)C(=O)O. The lowest BCUT2D eigenvalue weighted by Gasteiger charge is -2.08. The predicted molar refractivity (Wildman–Crippen MR) is 71.9 cm³/mol. The number of carboxylic acids is 1. The number of carbonyl (C=O) groups is 1. The zero-order valence-corrected chi connectivity index (χ0v) is 10.5. The Balaban J connectivity index is 2.39. The third kappa shape index (κ3) is 2.93. The van der Waals surface area contributed by atoms with E-state index >= 15 is 0 Å². The summed E-state index contributed by atoms with van der Waals surface area (Å²) in [6.07, 6.45) is 1.23. The maximum Gasteiger partial charge on any atom is 0.320 e. The Bertz CT molecular complexity index is 580. The van der Waals surface area contributed by atoms with Crippen molar-refractivity contribution in [1.29, 1.82) is 0 Å². The van der Waals surface area contributed by atoms with E-state index < -0.39 is 12.0 Å². The van der Waals surface area contributed by atoms with E-state index in [-0.39, 0.29) is 13.1 Å². The van der Waals surface area contributed by atoms with E-state index in [2.05, 4.69) is 4.98 Å². The molecule has 0 bridgehead atoms. The summed E-state index contributed by atoms with van der Waals surface area (Å²) in [4.78, 5) is 14.1. The first kappa shape index (κ1) is 13.5. The normalized spacial score (nSPS) is 12.7. The molecule has 0 saturated carbocycles. The Kier molecular flexibility index (Phi) is 4.16. The molecule has 4 nitrogen and oxygen atoms in total. The molecule has 1 aromatic heterocycles. The number of nitrogens with two attached hydrogens (primary N) is 1. The van der Waals surface area contributed by atoms with Gasteiger partial charge in [0.25, 0.3) is 0 Å². The lowest BCUT2D eigenvalue weighted by Crippen LogP contribution is -2.32. The maximum atomic E-state index is 12.3. The van der Waals surface area contributed by atoms with E-state index in [4.69, 9.17) is 10.8 Å². The van der Waals surface area contributed by atoms with Gasteiger partial charge in [-0.2, -0.15) is 0 Å². The number of aromatic amines is 1. The fourth-order valence-electron chi connectivity index (χ4n) is 2.25. The van der Waals surface area contributed by atoms with Crippen molar-refractivity contribution in [2.24, 2.45) is 5.73 Å². The van der Waals surface area contributed by atoms with Crippen molar-refractivity contribution >= 4 is 16.9 Å². The summed E-state index contributed by atoms with van der Waals surface area (Å²) < 4.78 is 12.3. The van der Waals surface area contributed by atoms with Gasteiger partial charge in [0.2, 0.25) is 0 Å². The Labute approximate surface area is 110 Å². The molecular weight excluding hydrogens is 246 g/mol. The number of carboxylic acid groups (broad SMARTS) is 1. The van der Waals surface area contributed by atoms with Gasteiger partial charge in [-0.15, -0.1) is 0 Å². The second-order valence-corrected chi connectivity index (χ2v) is 4.57. The minimum Gasteiger partial charge on any atom is -0.480 e. The number of hydrogen-bond acceptors (Lipinski definition) is 2. The molecule has 5 heteroatoms. The van der Waals surface area contributed by atoms with Crippen molar-refractivity contribution < 1.29 is 14.3 Å². The zero-order valence-electron chi connectivity index (χ0n) is 10.5. The van der Waals surface area contributed by atoms with Gasteiger partial charge in [0.15, 0.2) is 0 Å². The molecule has 4 N–H and O–H groups in total. The van der Waals surface area contributed by atoms with E-state index in [1.165, 1.54) is 0 Å². The Morgan fingerprint density at radius 2 is 2.16 bits per heavy atom. The minimum absolute atomic E-state index is 0.251. The van der Waals surface area contributed by atoms with Gasteiger partial charge in [0.1, 0.15) is 6.04 Å². The second-order valence-electron chi connectivity index (χ2n) is 4.57. The number of para-hydroxylation sites is 1. The van der Waals surface area contributed by atoms with Gasteiger partial charge in [-0.25, -0.2) is 0 Å². The highest BCUT2D eigenvalue weighted by atomic mass is 18.2. The minimum atomic E-state index is -1.03. The van der Waals surface area contributed by atoms with Crippen LogP contribution >= 0.6 is 0 Å². The number of benzene rings is 1. The van der Waals surface area contributed by atoms with Crippen LogP contribution in [0.25, 0.3) is 10.9 Å². The molecule has 102 valence electrons. The van der Waals surface area contributed by atoms with Crippen LogP contribution < -0.4 is 5.73 Å². The van der Waals surface area contributed by atoms with Crippen LogP contribution in [0.4, 0.5) is 4.39 Å². The number of H-pyrrole nitrogens is 1. The van der Waals surface area contributed by atoms with Gasteiger partial charge in [-0.3, -0.25) is 9.18 Å². The molecular formula is C14H17FN2O2. The van der Waals surface area contributed by atoms with Crippen molar-refractivity contribution in [2.75, 3.05) is 6.67 Å². The third-order valence-electron chi connectivity index (χ3n) is 3.20. The van der Waals surface area contributed by atoms with Crippen LogP contribution in [0.3, 0.4) is 0 Å². The van der Waals surface area contributed by atoms with Gasteiger partial charge in [-0.05, 0) is 24.5 Å². The molecule has 0 aliphatic carbocycles. The van der Waals surface area contributed by atoms with Gasteiger partial charge in [-0.1, -0.05) is 18.2 Å². The largest absolute Gasteiger partial charge is 0.480 e. The summed E-state index contributed by atoms with van der Waals surface area (Å²) >= 11 is 0. The molecule has 0 aliphatic rings. The van der Waals surface area contributed by atoms with Crippen LogP contribution in [-0.2, 0) is 17.6 Å². The number of hydrogen-bond donors (Lipinski definition) is 3. The Morgan fingerprint density at radius 3 is 2.84 bits per heavy atom. The fraction of sp³-hybridized carbons (Fsp3) is 0.357. The Morgan fingerprint density at radius 1 is 1.42 bits per heavy atom. The highest BCUT2D eigenvalue weighted by Crippen LogP contribution is 2.24. The number of rotatable bonds is 6. The molecule has 2 rings (SSSR count). The number of halogens is 1. The molecule has 0 spiro atoms. The second kappa shape index (κ2) is 5.84. The highest BCUT2D eigenvalue weighted by Gasteiger charge is 2.18. The average Bonchev–Trinajstić information content (AvgIpc) is 2.74. The molecule has 19 heavy (non-hydrogen) atoms. The Hall–Kier alpha value is -1.88. The lowest BCUT2D eigenvalue weighted by atomic mass is 10.0. The average molecular weight is 263 g/mol. The smallest absolute Gasteiger partial charge is 0.320 e. The number of fused-ring (bicyclic) bond motifs is 1. The number of alkyl halides is 1. The summed E-state index contributed by atoms with van der Waals surface area (Å²) in [7, 11) is 0. The van der Waals surface area contributed by atoms with Crippen molar-refractivity contribution in [3.05, 3.63) is 35.5 Å². The summed E-state index contributed by atoms with van der Waals surface area (Å²) in [6.45, 7) is -0.389. The molecule has 1 unspecified atom stereocenters. The van der Waals surface area contributed by atoms with Crippen molar-refractivity contribution in [2.45, 2.75) is 25.3 Å². The van der Waals surface area contributed by atoms with Crippen LogP contribution in [0.1, 0.15) is 17.7 Å². The molecule has 0 amide bonds. The molecule has 1 aromatic carbocycles. The monoisotopic (exact) mass is 263 g/mol. The van der Waals surface area contributed by atoms with Gasteiger partial charge in [0, 0.05) is 23.0 Å². The zero-order chi connectivity index (χ0) is 13.8. The first-order valence-electron chi connectivity index (χ1n) is 6.26. The summed E-state index contributed by atoms with van der Waals surface area (Å²) in [5.41, 5.74) is 8.32. The predicted octanol–water partition coefficient (Wildman–Crippen LogP) is 2.02. The van der Waals surface area contributed by atoms with Gasteiger partial charge < -0.3 is 15.8 Å². The molecule has 1 heterocycles. The van der Waals surface area contributed by atoms with E-state index in [0.717, 1.165) is 22.2 Å². The van der Waals surface area contributed by atoms with Crippen LogP contribution in [0.15, 0.2) is 24.3 Å². The van der Waals surface area contributed by atoms with E-state index in [9.17, 15) is 9.18 Å². The van der Waals surface area contributed by atoms with E-state index in [1.54, 1.807) is 0 Å². The van der Waals surface area contributed by atoms with Crippen LogP contribution in [0.5, 0.6) is 0 Å². The van der Waals surface area contributed by atoms with E-state index in [1.807, 2.05) is 24.3 Å². The van der Waals surface area contributed by atoms with Crippen LogP contribution in [0, 0.1) is 0 Å². The number of aliphatic carboxylic acids is 1. The summed E-state index contributed by atoms with van der Waals surface area (Å²) in [5.74, 6) is -1.03. The van der Waals surface area contributed by atoms with Crippen LogP contribution in [-0.4, -0.2) is 28.8 Å². The molecule has 1 atom stereocenters. The quantitative estimate of drug-likeness (QED) is 0.746. The van der Waals surface area contributed by atoms with Crippen molar-refractivity contribution in [1.82, 2.24) is 4.98 Å².